The van der Waals surface area contributed by atoms with Crippen molar-refractivity contribution < 1.29 is 13.2 Å². The first kappa shape index (κ1) is 15.1. The molecule has 5 heteroatoms. The Labute approximate surface area is 141 Å². The average molecular weight is 343 g/mol. The van der Waals surface area contributed by atoms with Gasteiger partial charge in [-0.3, -0.25) is 0 Å². The second kappa shape index (κ2) is 5.60. The van der Waals surface area contributed by atoms with Gasteiger partial charge in [-0.25, -0.2) is 0 Å². The lowest BCUT2D eigenvalue weighted by Crippen LogP contribution is -2.15. The van der Waals surface area contributed by atoms with Crippen molar-refractivity contribution in [2.45, 2.75) is 16.0 Å². The first-order valence-electron chi connectivity index (χ1n) is 7.37. The first-order valence-corrected chi connectivity index (χ1v) is 8.19. The highest BCUT2D eigenvalue weighted by molar-refractivity contribution is 7.99. The summed E-state index contributed by atoms with van der Waals surface area (Å²) in [5.41, 5.74) is 2.02. The molecule has 3 aromatic carbocycles. The molecule has 1 aliphatic heterocycles. The molecule has 0 radical (unpaired) electrons. The summed E-state index contributed by atoms with van der Waals surface area (Å²) in [4.78, 5) is 4.16. The molecule has 3 aromatic rings. The Morgan fingerprint density at radius 3 is 1.67 bits per heavy atom. The van der Waals surface area contributed by atoms with Crippen LogP contribution in [0.2, 0.25) is 0 Å². The maximum Gasteiger partial charge on any atom is 0.416 e. The average Bonchev–Trinajstić information content (AvgIpc) is 2.59. The van der Waals surface area contributed by atoms with Crippen LogP contribution in [0.5, 0.6) is 0 Å². The van der Waals surface area contributed by atoms with Gasteiger partial charge in [-0.15, -0.1) is 0 Å². The predicted octanol–water partition coefficient (Wildman–Crippen LogP) is 6.64. The number of benzene rings is 3. The van der Waals surface area contributed by atoms with Gasteiger partial charge in [-0.2, -0.15) is 13.2 Å². The maximum atomic E-state index is 12.8. The van der Waals surface area contributed by atoms with E-state index in [0.717, 1.165) is 33.3 Å². The number of nitrogens with zero attached hydrogens (tertiary/aromatic N) is 1. The zero-order valence-electron chi connectivity index (χ0n) is 12.4. The van der Waals surface area contributed by atoms with Crippen LogP contribution < -0.4 is 4.90 Å². The van der Waals surface area contributed by atoms with E-state index in [1.165, 1.54) is 12.1 Å². The smallest absolute Gasteiger partial charge is 0.308 e. The molecule has 0 saturated heterocycles. The third-order valence-electron chi connectivity index (χ3n) is 3.89. The van der Waals surface area contributed by atoms with Gasteiger partial charge in [0.2, 0.25) is 0 Å². The van der Waals surface area contributed by atoms with Crippen LogP contribution in [-0.2, 0) is 6.18 Å². The van der Waals surface area contributed by atoms with E-state index in [2.05, 4.69) is 0 Å². The lowest BCUT2D eigenvalue weighted by atomic mass is 10.1. The van der Waals surface area contributed by atoms with E-state index in [0.29, 0.717) is 5.69 Å². The molecular weight excluding hydrogens is 331 g/mol. The van der Waals surface area contributed by atoms with E-state index in [4.69, 9.17) is 0 Å². The Kier molecular flexibility index (Phi) is 3.53. The lowest BCUT2D eigenvalue weighted by Gasteiger charge is -2.32. The minimum atomic E-state index is -4.33. The quantitative estimate of drug-likeness (QED) is 0.381. The standard InChI is InChI=1S/C19H12F3NS/c20-19(21,22)13-9-11-14(12-10-13)23-15-5-1-3-7-17(15)24-18-8-4-2-6-16(18)23/h1-12H. The number of hydrogen-bond donors (Lipinski definition) is 0. The Morgan fingerprint density at radius 2 is 1.17 bits per heavy atom. The third-order valence-corrected chi connectivity index (χ3v) is 5.02. The summed E-state index contributed by atoms with van der Waals surface area (Å²) in [5.74, 6) is 0. The van der Waals surface area contributed by atoms with Gasteiger partial charge < -0.3 is 4.90 Å². The van der Waals surface area contributed by atoms with Gasteiger partial charge in [-0.1, -0.05) is 36.0 Å². The number of alkyl halides is 3. The number of anilines is 3. The van der Waals surface area contributed by atoms with Crippen molar-refractivity contribution in [3.05, 3.63) is 78.4 Å². The zero-order valence-corrected chi connectivity index (χ0v) is 13.2. The summed E-state index contributed by atoms with van der Waals surface area (Å²) in [5, 5.41) is 0. The first-order chi connectivity index (χ1) is 11.5. The molecule has 120 valence electrons. The SMILES string of the molecule is FC(F)(F)c1ccc(N2c3ccccc3Sc3ccccc32)cc1. The normalized spacial score (nSPS) is 13.4. The molecule has 0 aromatic heterocycles. The topological polar surface area (TPSA) is 3.24 Å². The van der Waals surface area contributed by atoms with Gasteiger partial charge in [-0.05, 0) is 48.5 Å². The van der Waals surface area contributed by atoms with Crippen LogP contribution in [0, 0.1) is 0 Å². The van der Waals surface area contributed by atoms with E-state index in [-0.39, 0.29) is 0 Å². The molecule has 0 unspecified atom stereocenters. The van der Waals surface area contributed by atoms with Crippen LogP contribution in [0.15, 0.2) is 82.6 Å². The maximum absolute atomic E-state index is 12.8. The highest BCUT2D eigenvalue weighted by Crippen LogP contribution is 2.51. The van der Waals surface area contributed by atoms with Crippen LogP contribution >= 0.6 is 11.8 Å². The predicted molar refractivity (Wildman–Crippen MR) is 90.3 cm³/mol. The van der Waals surface area contributed by atoms with Crippen molar-refractivity contribution >= 4 is 28.8 Å². The summed E-state index contributed by atoms with van der Waals surface area (Å²) < 4.78 is 38.5. The molecule has 0 spiro atoms. The fourth-order valence-electron chi connectivity index (χ4n) is 2.78. The van der Waals surface area contributed by atoms with E-state index >= 15 is 0 Å². The van der Waals surface area contributed by atoms with Crippen molar-refractivity contribution in [1.82, 2.24) is 0 Å². The molecule has 4 rings (SSSR count). The van der Waals surface area contributed by atoms with Crippen LogP contribution in [-0.4, -0.2) is 0 Å². The Balaban J connectivity index is 1.86. The van der Waals surface area contributed by atoms with Crippen LogP contribution in [0.1, 0.15) is 5.56 Å². The Bertz CT molecular complexity index is 842. The summed E-state index contributed by atoms with van der Waals surface area (Å²) in [7, 11) is 0. The van der Waals surface area contributed by atoms with Crippen molar-refractivity contribution in [1.29, 1.82) is 0 Å². The van der Waals surface area contributed by atoms with Crippen LogP contribution in [0.25, 0.3) is 0 Å². The molecule has 0 atom stereocenters. The molecule has 0 fully saturated rings. The van der Waals surface area contributed by atoms with Gasteiger partial charge in [0.05, 0.1) is 16.9 Å². The van der Waals surface area contributed by atoms with Gasteiger partial charge in [0, 0.05) is 15.5 Å². The highest BCUT2D eigenvalue weighted by atomic mass is 32.2. The molecule has 0 amide bonds. The van der Waals surface area contributed by atoms with Crippen molar-refractivity contribution in [2.75, 3.05) is 4.90 Å². The van der Waals surface area contributed by atoms with Crippen molar-refractivity contribution in [2.24, 2.45) is 0 Å². The Hall–Kier alpha value is -2.40. The molecule has 0 bridgehead atoms. The molecule has 0 N–H and O–H groups in total. The van der Waals surface area contributed by atoms with Crippen LogP contribution in [0.4, 0.5) is 30.2 Å². The molecule has 24 heavy (non-hydrogen) atoms. The molecular formula is C19H12F3NS. The van der Waals surface area contributed by atoms with E-state index in [1.54, 1.807) is 11.8 Å². The fourth-order valence-corrected chi connectivity index (χ4v) is 3.84. The number of halogens is 3. The van der Waals surface area contributed by atoms with Crippen molar-refractivity contribution in [3.8, 4) is 0 Å². The molecule has 1 nitrogen and oxygen atoms in total. The van der Waals surface area contributed by atoms with E-state index in [1.807, 2.05) is 53.4 Å². The Morgan fingerprint density at radius 1 is 0.667 bits per heavy atom. The van der Waals surface area contributed by atoms with Gasteiger partial charge in [0.1, 0.15) is 0 Å². The van der Waals surface area contributed by atoms with E-state index < -0.39 is 11.7 Å². The number of para-hydroxylation sites is 2. The number of fused-ring (bicyclic) bond motifs is 2. The number of hydrogen-bond acceptors (Lipinski definition) is 2. The van der Waals surface area contributed by atoms with E-state index in [9.17, 15) is 13.2 Å². The van der Waals surface area contributed by atoms with Crippen LogP contribution in [0.3, 0.4) is 0 Å². The van der Waals surface area contributed by atoms with Gasteiger partial charge in [0.25, 0.3) is 0 Å². The zero-order chi connectivity index (χ0) is 16.7. The lowest BCUT2D eigenvalue weighted by molar-refractivity contribution is -0.137. The number of rotatable bonds is 1. The highest BCUT2D eigenvalue weighted by Gasteiger charge is 2.31. The fraction of sp³-hybridized carbons (Fsp3) is 0.0526. The largest absolute Gasteiger partial charge is 0.416 e. The molecule has 0 aliphatic carbocycles. The van der Waals surface area contributed by atoms with Gasteiger partial charge in [0.15, 0.2) is 0 Å². The second-order valence-corrected chi connectivity index (χ2v) is 6.50. The summed E-state index contributed by atoms with van der Waals surface area (Å²) in [6, 6.07) is 21.1. The van der Waals surface area contributed by atoms with Gasteiger partial charge >= 0.3 is 6.18 Å². The summed E-state index contributed by atoms with van der Waals surface area (Å²) in [6.07, 6.45) is -4.33. The molecule has 1 aliphatic rings. The molecule has 0 saturated carbocycles. The summed E-state index contributed by atoms with van der Waals surface area (Å²) in [6.45, 7) is 0. The second-order valence-electron chi connectivity index (χ2n) is 5.42. The van der Waals surface area contributed by atoms with Crippen molar-refractivity contribution in [3.63, 3.8) is 0 Å². The third kappa shape index (κ3) is 2.55. The minimum Gasteiger partial charge on any atom is -0.308 e. The molecule has 1 heterocycles. The minimum absolute atomic E-state index is 0.640. The monoisotopic (exact) mass is 343 g/mol. The summed E-state index contributed by atoms with van der Waals surface area (Å²) >= 11 is 1.67.